The zero-order valence-corrected chi connectivity index (χ0v) is 9.33. The average molecular weight is 225 g/mol. The molecule has 15 heavy (non-hydrogen) atoms. The molecule has 1 aliphatic carbocycles. The van der Waals surface area contributed by atoms with E-state index in [-0.39, 0.29) is 6.04 Å². The summed E-state index contributed by atoms with van der Waals surface area (Å²) in [5.41, 5.74) is 0.912. The maximum atomic E-state index is 8.98. The number of hydrogen-bond acceptors (Lipinski definition) is 3. The molecule has 1 unspecified atom stereocenters. The molecule has 0 aliphatic heterocycles. The van der Waals surface area contributed by atoms with Gasteiger partial charge in [0.25, 0.3) is 0 Å². The molecule has 0 spiro atoms. The summed E-state index contributed by atoms with van der Waals surface area (Å²) in [5, 5.41) is 17.0. The second-order valence-electron chi connectivity index (χ2n) is 3.88. The van der Waals surface area contributed by atoms with Gasteiger partial charge in [-0.05, 0) is 19.8 Å². The molecule has 1 aromatic heterocycles. The first-order valence-corrected chi connectivity index (χ1v) is 5.42. The fourth-order valence-electron chi connectivity index (χ4n) is 1.45. The van der Waals surface area contributed by atoms with Crippen molar-refractivity contribution in [3.05, 3.63) is 16.9 Å². The van der Waals surface area contributed by atoms with Crippen molar-refractivity contribution in [2.45, 2.75) is 38.4 Å². The number of rotatable bonds is 4. The molecule has 1 saturated carbocycles. The van der Waals surface area contributed by atoms with Gasteiger partial charge in [0.1, 0.15) is 6.04 Å². The van der Waals surface area contributed by atoms with Crippen molar-refractivity contribution in [1.82, 2.24) is 15.1 Å². The first-order valence-electron chi connectivity index (χ1n) is 5.04. The van der Waals surface area contributed by atoms with Gasteiger partial charge in [0, 0.05) is 6.04 Å². The van der Waals surface area contributed by atoms with Gasteiger partial charge in [-0.15, -0.1) is 0 Å². The maximum Gasteiger partial charge on any atom is 0.115 e. The Morgan fingerprint density at radius 2 is 2.53 bits per heavy atom. The van der Waals surface area contributed by atoms with Crippen LogP contribution in [0.4, 0.5) is 0 Å². The number of hydrogen-bond donors (Lipinski definition) is 1. The van der Waals surface area contributed by atoms with Crippen LogP contribution in [0.2, 0.25) is 5.02 Å². The van der Waals surface area contributed by atoms with Crippen molar-refractivity contribution in [2.24, 2.45) is 0 Å². The Labute approximate surface area is 93.8 Å². The van der Waals surface area contributed by atoms with Crippen molar-refractivity contribution in [3.8, 4) is 6.07 Å². The van der Waals surface area contributed by atoms with Crippen molar-refractivity contribution in [1.29, 1.82) is 5.26 Å². The lowest BCUT2D eigenvalue weighted by Gasteiger charge is -2.11. The minimum absolute atomic E-state index is 0.174. The fraction of sp³-hybridized carbons (Fsp3) is 0.600. The summed E-state index contributed by atoms with van der Waals surface area (Å²) >= 11 is 5.89. The van der Waals surface area contributed by atoms with Crippen molar-refractivity contribution < 1.29 is 0 Å². The Morgan fingerprint density at radius 3 is 3.00 bits per heavy atom. The Bertz CT molecular complexity index is 389. The highest BCUT2D eigenvalue weighted by Crippen LogP contribution is 2.20. The zero-order valence-electron chi connectivity index (χ0n) is 8.57. The Hall–Kier alpha value is -1.05. The predicted octanol–water partition coefficient (Wildman–Crippen LogP) is 1.49. The molecule has 2 rings (SSSR count). The largest absolute Gasteiger partial charge is 0.298 e. The zero-order chi connectivity index (χ0) is 10.8. The first kappa shape index (κ1) is 10.5. The average Bonchev–Trinajstić information content (AvgIpc) is 2.99. The van der Waals surface area contributed by atoms with E-state index in [4.69, 9.17) is 16.9 Å². The van der Waals surface area contributed by atoms with Crippen LogP contribution in [0.5, 0.6) is 0 Å². The number of nitrogens with one attached hydrogen (secondary N) is 1. The predicted molar refractivity (Wildman–Crippen MR) is 57.5 cm³/mol. The van der Waals surface area contributed by atoms with E-state index in [1.54, 1.807) is 10.9 Å². The molecule has 1 aromatic rings. The van der Waals surface area contributed by atoms with E-state index < -0.39 is 0 Å². The third kappa shape index (κ3) is 2.49. The third-order valence-corrected chi connectivity index (χ3v) is 2.94. The lowest BCUT2D eigenvalue weighted by molar-refractivity contribution is 0.482. The molecule has 1 aliphatic rings. The minimum atomic E-state index is -0.174. The van der Waals surface area contributed by atoms with Crippen LogP contribution in [0.25, 0.3) is 0 Å². The van der Waals surface area contributed by atoms with Crippen molar-refractivity contribution >= 4 is 11.6 Å². The van der Waals surface area contributed by atoms with Crippen LogP contribution in [0.1, 0.15) is 18.5 Å². The normalized spacial score (nSPS) is 17.4. The standard InChI is InChI=1S/C10H13ClN4/c1-7-10(11)5-13-15(7)6-9(4-12)14-8-2-3-8/h5,8-9,14H,2-3,6H2,1H3. The highest BCUT2D eigenvalue weighted by Gasteiger charge is 2.25. The molecule has 0 aromatic carbocycles. The van der Waals surface area contributed by atoms with Crippen molar-refractivity contribution in [2.75, 3.05) is 0 Å². The topological polar surface area (TPSA) is 53.6 Å². The molecule has 0 saturated heterocycles. The van der Waals surface area contributed by atoms with Crippen LogP contribution in [0.15, 0.2) is 6.20 Å². The van der Waals surface area contributed by atoms with Gasteiger partial charge in [-0.1, -0.05) is 11.6 Å². The van der Waals surface area contributed by atoms with Crippen LogP contribution in [0, 0.1) is 18.3 Å². The number of halogens is 1. The van der Waals surface area contributed by atoms with E-state index in [2.05, 4.69) is 16.5 Å². The summed E-state index contributed by atoms with van der Waals surface area (Å²) in [6.45, 7) is 2.46. The monoisotopic (exact) mass is 224 g/mol. The van der Waals surface area contributed by atoms with E-state index >= 15 is 0 Å². The van der Waals surface area contributed by atoms with Gasteiger partial charge in [-0.25, -0.2) is 0 Å². The molecule has 80 valence electrons. The maximum absolute atomic E-state index is 8.98. The highest BCUT2D eigenvalue weighted by molar-refractivity contribution is 6.31. The third-order valence-electron chi connectivity index (χ3n) is 2.57. The van der Waals surface area contributed by atoms with E-state index in [1.807, 2.05) is 6.92 Å². The molecule has 1 heterocycles. The summed E-state index contributed by atoms with van der Waals surface area (Å²) in [4.78, 5) is 0. The van der Waals surface area contributed by atoms with Crippen LogP contribution in [-0.4, -0.2) is 21.9 Å². The van der Waals surface area contributed by atoms with Gasteiger partial charge < -0.3 is 0 Å². The molecule has 0 amide bonds. The number of nitriles is 1. The molecule has 0 radical (unpaired) electrons. The smallest absolute Gasteiger partial charge is 0.115 e. The molecule has 5 heteroatoms. The summed E-state index contributed by atoms with van der Waals surface area (Å²) in [5.74, 6) is 0. The molecule has 1 N–H and O–H groups in total. The van der Waals surface area contributed by atoms with Crippen LogP contribution in [-0.2, 0) is 6.54 Å². The lowest BCUT2D eigenvalue weighted by Crippen LogP contribution is -2.34. The van der Waals surface area contributed by atoms with Crippen molar-refractivity contribution in [3.63, 3.8) is 0 Å². The Kier molecular flexibility index (Phi) is 2.94. The molecular formula is C10H13ClN4. The minimum Gasteiger partial charge on any atom is -0.298 e. The van der Waals surface area contributed by atoms with E-state index in [1.165, 1.54) is 12.8 Å². The molecule has 4 nitrogen and oxygen atoms in total. The lowest BCUT2D eigenvalue weighted by atomic mass is 10.3. The van der Waals surface area contributed by atoms with Crippen LogP contribution >= 0.6 is 11.6 Å². The van der Waals surface area contributed by atoms with E-state index in [9.17, 15) is 0 Å². The Balaban J connectivity index is 1.99. The summed E-state index contributed by atoms with van der Waals surface area (Å²) in [6.07, 6.45) is 3.97. The van der Waals surface area contributed by atoms with E-state index in [0.717, 1.165) is 5.69 Å². The molecular weight excluding hydrogens is 212 g/mol. The molecule has 0 bridgehead atoms. The van der Waals surface area contributed by atoms with Crippen LogP contribution < -0.4 is 5.32 Å². The summed E-state index contributed by atoms with van der Waals surface area (Å²) < 4.78 is 1.77. The number of nitrogens with zero attached hydrogens (tertiary/aromatic N) is 3. The van der Waals surface area contributed by atoms with Gasteiger partial charge in [0.2, 0.25) is 0 Å². The highest BCUT2D eigenvalue weighted by atomic mass is 35.5. The van der Waals surface area contributed by atoms with Gasteiger partial charge in [0.05, 0.1) is 29.5 Å². The van der Waals surface area contributed by atoms with E-state index in [0.29, 0.717) is 17.6 Å². The second kappa shape index (κ2) is 4.21. The SMILES string of the molecule is Cc1c(Cl)cnn1CC(C#N)NC1CC1. The van der Waals surface area contributed by atoms with Gasteiger partial charge in [-0.2, -0.15) is 10.4 Å². The first-order chi connectivity index (χ1) is 7.20. The second-order valence-corrected chi connectivity index (χ2v) is 4.29. The van der Waals surface area contributed by atoms with Crippen LogP contribution in [0.3, 0.4) is 0 Å². The molecule has 1 atom stereocenters. The summed E-state index contributed by atoms with van der Waals surface area (Å²) in [6, 6.07) is 2.60. The Morgan fingerprint density at radius 1 is 1.80 bits per heavy atom. The van der Waals surface area contributed by atoms with Gasteiger partial charge in [0.15, 0.2) is 0 Å². The molecule has 1 fully saturated rings. The number of aromatic nitrogens is 2. The van der Waals surface area contributed by atoms with Gasteiger partial charge >= 0.3 is 0 Å². The fourth-order valence-corrected chi connectivity index (χ4v) is 1.59. The van der Waals surface area contributed by atoms with Gasteiger partial charge in [-0.3, -0.25) is 10.00 Å². The quantitative estimate of drug-likeness (QED) is 0.843. The summed E-state index contributed by atoms with van der Waals surface area (Å²) in [7, 11) is 0.